The molecule has 149 heavy (non-hydrogen) atoms. The van der Waals surface area contributed by atoms with Gasteiger partial charge < -0.3 is 81.8 Å². The van der Waals surface area contributed by atoms with Crippen LogP contribution in [0.3, 0.4) is 0 Å². The molecule has 0 aromatic heterocycles. The average molecular weight is 2130 g/mol. The first kappa shape index (κ1) is 138. The first-order valence-corrected chi connectivity index (χ1v) is 52.5. The molecule has 16 aliphatic heterocycles. The highest BCUT2D eigenvalue weighted by Crippen LogP contribution is 2.51. The van der Waals surface area contributed by atoms with E-state index in [2.05, 4.69) is 151 Å². The van der Waals surface area contributed by atoms with Crippen LogP contribution in [0.25, 0.3) is 0 Å². The number of aliphatic hydroxyl groups excluding tert-OH is 2. The van der Waals surface area contributed by atoms with Crippen molar-refractivity contribution < 1.29 is 125 Å². The van der Waals surface area contributed by atoms with E-state index in [-0.39, 0.29) is 103 Å². The van der Waals surface area contributed by atoms with Crippen molar-refractivity contribution in [1.82, 2.24) is 19.8 Å². The van der Waals surface area contributed by atoms with E-state index in [0.717, 1.165) is 126 Å². The predicted molar refractivity (Wildman–Crippen MR) is 578 cm³/mol. The Morgan fingerprint density at radius 2 is 0.644 bits per heavy atom. The maximum absolute atomic E-state index is 12.7. The lowest BCUT2D eigenvalue weighted by molar-refractivity contribution is -0.213. The molecule has 858 valence electrons. The molecule has 0 spiro atoms. The van der Waals surface area contributed by atoms with Gasteiger partial charge in [0.25, 0.3) is 5.92 Å². The lowest BCUT2D eigenvalue weighted by atomic mass is 9.77. The van der Waals surface area contributed by atoms with Crippen molar-refractivity contribution in [1.29, 1.82) is 0 Å². The number of hydrogen-bond acceptors (Lipinski definition) is 20. The van der Waals surface area contributed by atoms with E-state index in [1.807, 2.05) is 76.2 Å². The summed E-state index contributed by atoms with van der Waals surface area (Å²) in [6.07, 6.45) is 7.85. The number of Topliss-reactive ketones (excluding diaryl/α,β-unsaturated/α-hetero) is 2. The Morgan fingerprint density at radius 1 is 0.289 bits per heavy atom. The second kappa shape index (κ2) is 61.3. The summed E-state index contributed by atoms with van der Waals surface area (Å²) in [4.78, 5) is 28.4. The fraction of sp³-hybridized carbons (Fsp3) is 0.712. The van der Waals surface area contributed by atoms with Gasteiger partial charge in [-0.05, 0) is 404 Å². The molecule has 16 aliphatic rings. The van der Waals surface area contributed by atoms with Gasteiger partial charge in [0.05, 0.1) is 122 Å². The molecular formula is C118H193F11N4O16. The van der Waals surface area contributed by atoms with Crippen molar-refractivity contribution in [2.24, 2.45) is 10.8 Å². The fourth-order valence-corrected chi connectivity index (χ4v) is 16.2. The molecule has 16 rings (SSSR count). The maximum atomic E-state index is 12.7. The molecule has 2 N–H and O–H groups in total. The van der Waals surface area contributed by atoms with Gasteiger partial charge in [0, 0.05) is 118 Å². The fourth-order valence-electron chi connectivity index (χ4n) is 16.2. The minimum absolute atomic E-state index is 0.0136. The van der Waals surface area contributed by atoms with E-state index in [1.165, 1.54) is 162 Å². The van der Waals surface area contributed by atoms with Crippen molar-refractivity contribution >= 4 is 11.6 Å². The summed E-state index contributed by atoms with van der Waals surface area (Å²) in [6.45, 7) is 82.3. The first-order valence-electron chi connectivity index (χ1n) is 52.5. The summed E-state index contributed by atoms with van der Waals surface area (Å²) in [6, 6.07) is 0. The summed E-state index contributed by atoms with van der Waals surface area (Å²) in [7, 11) is 6.45. The molecule has 31 heteroatoms. The monoisotopic (exact) mass is 2130 g/mol. The Balaban J connectivity index is 0.000000796. The van der Waals surface area contributed by atoms with Crippen LogP contribution in [0.2, 0.25) is 0 Å². The van der Waals surface area contributed by atoms with E-state index < -0.39 is 41.6 Å². The minimum Gasteiger partial charge on any atom is -0.498 e. The number of hydrogen-bond donors (Lipinski definition) is 2. The van der Waals surface area contributed by atoms with Crippen molar-refractivity contribution in [2.45, 2.75) is 433 Å². The van der Waals surface area contributed by atoms with Crippen LogP contribution >= 0.6 is 0 Å². The molecular weight excluding hydrogens is 1940 g/mol. The van der Waals surface area contributed by atoms with E-state index in [0.29, 0.717) is 48.2 Å². The van der Waals surface area contributed by atoms with Gasteiger partial charge in [-0.2, -0.15) is 35.1 Å². The zero-order valence-corrected chi connectivity index (χ0v) is 99.5. The van der Waals surface area contributed by atoms with Crippen molar-refractivity contribution in [2.75, 3.05) is 113 Å². The van der Waals surface area contributed by atoms with Crippen molar-refractivity contribution in [3.8, 4) is 0 Å². The second-order valence-electron chi connectivity index (χ2n) is 43.9. The highest BCUT2D eigenvalue weighted by molar-refractivity contribution is 5.98. The highest BCUT2D eigenvalue weighted by Gasteiger charge is 2.57. The normalized spacial score (nSPS) is 24.8. The number of ketones is 2. The molecule has 0 fully saturated rings. The van der Waals surface area contributed by atoms with Crippen molar-refractivity contribution in [3.63, 3.8) is 0 Å². The van der Waals surface area contributed by atoms with Gasteiger partial charge in [-0.15, -0.1) is 4.48 Å². The van der Waals surface area contributed by atoms with Crippen molar-refractivity contribution in [3.05, 3.63) is 181 Å². The molecule has 0 bridgehead atoms. The average Bonchev–Trinajstić information content (AvgIpc) is 1.76. The van der Waals surface area contributed by atoms with Crippen LogP contribution in [0.15, 0.2) is 181 Å². The van der Waals surface area contributed by atoms with E-state index >= 15 is 0 Å². The Hall–Kier alpha value is -8.87. The number of ether oxygens (including phenoxy) is 12. The molecule has 0 amide bonds. The minimum atomic E-state index is -4.21. The molecule has 16 heterocycles. The summed E-state index contributed by atoms with van der Waals surface area (Å²) in [5, 5.41) is 18.7. The summed E-state index contributed by atoms with van der Waals surface area (Å²) < 4.78 is 200. The summed E-state index contributed by atoms with van der Waals surface area (Å²) >= 11 is 0. The molecule has 0 aliphatic carbocycles. The highest BCUT2D eigenvalue weighted by atomic mass is 19.4. The van der Waals surface area contributed by atoms with Gasteiger partial charge in [-0.1, -0.05) is 16.7 Å². The Morgan fingerprint density at radius 3 is 0.893 bits per heavy atom. The Kier molecular flexibility index (Phi) is 56.8. The summed E-state index contributed by atoms with van der Waals surface area (Å²) in [5.74, 6) is 4.52. The molecule has 4 unspecified atom stereocenters. The molecule has 20 nitrogen and oxygen atoms in total. The largest absolute Gasteiger partial charge is 0.498 e. The van der Waals surface area contributed by atoms with E-state index in [4.69, 9.17) is 62.3 Å². The lowest BCUT2D eigenvalue weighted by Gasteiger charge is -2.37. The second-order valence-corrected chi connectivity index (χ2v) is 43.9. The Labute approximate surface area is 889 Å². The standard InChI is InChI=1S/C9H13F3O.C9H16O2.C9H16O.C8H11F3O.C8H15N.C8H14O2.C8H14O.C7H10F2O.2C7H13N.C7H10O2.C7H12O.C6H8F2O.C6H10FN.C6H8O2.C6H10O/c1-6-7(2)13-5-4-8(6,3)9(10,11)12;1-7-4-5-9(3,6-10)11-8(7)2;1-7-5-6-9(3,4)10-8(7)2;1-5-6(2)12-4-7(5,3)8(9,10)11;1-7-5-4-6-9(3)8(7)2;1-6-4-8(3,5-9)10-7(6)2;1-6-5-8(3,4)9-7(6)2;1-5-6(2)10-4-3-7(5,8)9;2*1-6-4-5-8(3)7(6)2;1-5-6(2)9-4-3-7(5)8;1-6-4-3-5-8-7(6)2;1-4-5(2)9-3-6(4,7)8;1-5-3-4-8(7)6(5)2;1-4-5(2)8-3-6(4)7;1-5-3-4-7-6(5)2/h4-5H2,1-3H3;10H,4-6H2,1-3H3;5-6H2,1-4H3;4H2,1-3H3;4-6H2,1-3H3;9H,4-5H2,1-3H3;5H2,1-4H3;3-4H2,1-2H3;2*4-5H2,1-3H3;3-4H2,1-2H3;3-5H2,1-2H3;3H2,1-2H3;3-4H2,1-2H3;3H2,1-2H3;3-4H2,1-2H3. The first-order chi connectivity index (χ1) is 68.2. The Bertz CT molecular complexity index is 4840. The quantitative estimate of drug-likeness (QED) is 0.195. The number of halogens is 11. The van der Waals surface area contributed by atoms with Gasteiger partial charge in [-0.25, -0.2) is 13.9 Å². The molecule has 0 aromatic rings. The smallest absolute Gasteiger partial charge is 0.401 e. The van der Waals surface area contributed by atoms with E-state index in [9.17, 15) is 58.0 Å². The SMILES string of the molecule is CC1=C(C)C(=O)CCO1.CC1=C(C)C(=O)CO1.CC1=C(C)C(C)(C(F)(F)F)CCO1.CC1=C(C)C(C)(C(F)(F)F)CO1.CC1=C(C)C(F)(F)CCO1.CC1=C(C)C(F)(F)CO1.CC1=C(C)N(C)CC1.CC1=C(C)N(C)CC1.CC1=C(C)N(C)CCC1.CC1=C(C)N(F)CC1.CC1=C(C)OC(C)(C)C1.CC1=C(C)OC(C)(C)CC1.CC1=C(C)OC(C)(CO)C1.CC1=C(C)OC(C)(CO)CC1.CC1=C(C)OCC1.CC1=C(C)OCCC1. The molecule has 0 radical (unpaired) electrons. The third kappa shape index (κ3) is 45.4. The van der Waals surface area contributed by atoms with Gasteiger partial charge >= 0.3 is 18.3 Å². The number of aliphatic hydroxyl groups is 2. The van der Waals surface area contributed by atoms with Gasteiger partial charge in [-0.3, -0.25) is 9.59 Å². The number of nitrogens with zero attached hydrogens (tertiary/aromatic N) is 4. The van der Waals surface area contributed by atoms with E-state index in [1.54, 1.807) is 65.2 Å². The molecule has 0 saturated carbocycles. The number of rotatable bonds is 2. The zero-order chi connectivity index (χ0) is 115. The maximum Gasteiger partial charge on any atom is 0.401 e. The number of allylic oxidation sites excluding steroid dienone is 23. The van der Waals surface area contributed by atoms with Crippen LogP contribution in [0.5, 0.6) is 0 Å². The number of carbonyl (C=O) groups is 2. The van der Waals surface area contributed by atoms with Gasteiger partial charge in [0.2, 0.25) is 0 Å². The van der Waals surface area contributed by atoms with Crippen LogP contribution in [-0.4, -0.2) is 202 Å². The lowest BCUT2D eigenvalue weighted by Crippen LogP contribution is -2.40. The van der Waals surface area contributed by atoms with Crippen LogP contribution in [0, 0.1) is 10.8 Å². The van der Waals surface area contributed by atoms with Crippen LogP contribution < -0.4 is 0 Å². The zero-order valence-electron chi connectivity index (χ0n) is 99.5. The van der Waals surface area contributed by atoms with Crippen LogP contribution in [-0.2, 0) is 66.4 Å². The molecule has 0 aromatic carbocycles. The number of alkyl halides is 10. The van der Waals surface area contributed by atoms with Gasteiger partial charge in [0.15, 0.2) is 24.8 Å². The van der Waals surface area contributed by atoms with Crippen LogP contribution in [0.1, 0.15) is 386 Å². The molecule has 0 saturated heterocycles. The van der Waals surface area contributed by atoms with Crippen LogP contribution in [0.4, 0.5) is 48.4 Å². The topological polar surface area (TPSA) is 198 Å². The molecule has 4 atom stereocenters. The summed E-state index contributed by atoms with van der Waals surface area (Å²) in [5.41, 5.74) is 17.4. The van der Waals surface area contributed by atoms with Gasteiger partial charge in [0.1, 0.15) is 40.2 Å². The predicted octanol–water partition coefficient (Wildman–Crippen LogP) is 32.1. The third-order valence-corrected chi connectivity index (χ3v) is 30.9. The third-order valence-electron chi connectivity index (χ3n) is 30.9. The number of carbonyl (C=O) groups excluding carboxylic acids is 2.